The number of aliphatic imine (C=N–C) groups is 2. The van der Waals surface area contributed by atoms with Crippen LogP contribution in [-0.4, -0.2) is 68.8 Å². The minimum Gasteiger partial charge on any atom is -0.318 e. The maximum Gasteiger partial charge on any atom is 0.170 e. The summed E-state index contributed by atoms with van der Waals surface area (Å²) >= 11 is 6.18. The topological polar surface area (TPSA) is 64.9 Å². The highest BCUT2D eigenvalue weighted by atomic mass is 35.5. The molecule has 0 amide bonds. The van der Waals surface area contributed by atoms with Crippen molar-refractivity contribution in [2.24, 2.45) is 15.4 Å². The molecule has 2 N–H and O–H groups in total. The molecule has 8 heteroatoms. The van der Waals surface area contributed by atoms with Gasteiger partial charge in [0.2, 0.25) is 0 Å². The first-order chi connectivity index (χ1) is 19.9. The van der Waals surface area contributed by atoms with Gasteiger partial charge >= 0.3 is 0 Å². The Hall–Kier alpha value is -2.71. The van der Waals surface area contributed by atoms with Crippen LogP contribution in [0, 0.1) is 11.2 Å². The summed E-state index contributed by atoms with van der Waals surface area (Å²) in [4.78, 5) is 16.1. The molecule has 1 saturated carbocycles. The summed E-state index contributed by atoms with van der Waals surface area (Å²) in [6.45, 7) is 13.8. The summed E-state index contributed by atoms with van der Waals surface area (Å²) in [5, 5.41) is 8.82. The van der Waals surface area contributed by atoms with Crippen molar-refractivity contribution >= 4 is 42.5 Å². The van der Waals surface area contributed by atoms with Crippen molar-refractivity contribution < 1.29 is 4.39 Å². The SMILES string of the molecule is C=N/C(CCC1(CN2CCCC2)CC1)=N\c1c(CCNCCNC)cnc(C/C=C\C=c2\cccc(Cl)c2=C)c1F. The van der Waals surface area contributed by atoms with Gasteiger partial charge in [-0.05, 0) is 93.8 Å². The van der Waals surface area contributed by atoms with Crippen LogP contribution in [0.3, 0.4) is 0 Å². The lowest BCUT2D eigenvalue weighted by Gasteiger charge is -2.22. The third-order valence-corrected chi connectivity index (χ3v) is 8.51. The van der Waals surface area contributed by atoms with Gasteiger partial charge < -0.3 is 15.5 Å². The third-order valence-electron chi connectivity index (χ3n) is 8.16. The number of benzene rings is 1. The minimum atomic E-state index is -0.387. The largest absolute Gasteiger partial charge is 0.318 e. The first-order valence-corrected chi connectivity index (χ1v) is 15.2. The highest BCUT2D eigenvalue weighted by Gasteiger charge is 2.43. The smallest absolute Gasteiger partial charge is 0.170 e. The van der Waals surface area contributed by atoms with Gasteiger partial charge in [0.15, 0.2) is 5.82 Å². The van der Waals surface area contributed by atoms with Crippen LogP contribution in [0.15, 0.2) is 46.5 Å². The Morgan fingerprint density at radius 2 is 2.02 bits per heavy atom. The maximum atomic E-state index is 15.9. The fraction of sp³-hybridized carbons (Fsp3) is 0.485. The molecule has 1 aromatic carbocycles. The molecule has 2 heterocycles. The Morgan fingerprint density at radius 1 is 1.22 bits per heavy atom. The lowest BCUT2D eigenvalue weighted by atomic mass is 9.99. The predicted molar refractivity (Wildman–Crippen MR) is 171 cm³/mol. The molecule has 0 atom stereocenters. The average Bonchev–Trinajstić information content (AvgIpc) is 3.54. The summed E-state index contributed by atoms with van der Waals surface area (Å²) in [5.74, 6) is 0.216. The molecule has 6 nitrogen and oxygen atoms in total. The van der Waals surface area contributed by atoms with Gasteiger partial charge in [0.05, 0.1) is 5.69 Å². The van der Waals surface area contributed by atoms with Gasteiger partial charge in [0.25, 0.3) is 0 Å². The summed E-state index contributed by atoms with van der Waals surface area (Å²) in [6.07, 6.45) is 15.2. The van der Waals surface area contributed by atoms with E-state index in [1.165, 1.54) is 38.8 Å². The van der Waals surface area contributed by atoms with Gasteiger partial charge in [-0.25, -0.2) is 14.4 Å². The number of allylic oxidation sites excluding steroid dienone is 2. The number of halogens is 2. The fourth-order valence-electron chi connectivity index (χ4n) is 5.40. The molecule has 1 aliphatic heterocycles. The van der Waals surface area contributed by atoms with Crippen LogP contribution < -0.4 is 21.1 Å². The number of pyridine rings is 1. The van der Waals surface area contributed by atoms with Gasteiger partial charge in [0, 0.05) is 49.3 Å². The van der Waals surface area contributed by atoms with Crippen molar-refractivity contribution in [3.8, 4) is 0 Å². The highest BCUT2D eigenvalue weighted by molar-refractivity contribution is 6.30. The number of aromatic nitrogens is 1. The van der Waals surface area contributed by atoms with Gasteiger partial charge in [-0.2, -0.15) is 0 Å². The molecule has 41 heavy (non-hydrogen) atoms. The number of hydrogen-bond donors (Lipinski definition) is 2. The Kier molecular flexibility index (Phi) is 11.8. The predicted octanol–water partition coefficient (Wildman–Crippen LogP) is 4.60. The summed E-state index contributed by atoms with van der Waals surface area (Å²) in [6, 6.07) is 5.65. The Morgan fingerprint density at radius 3 is 2.76 bits per heavy atom. The van der Waals surface area contributed by atoms with Crippen LogP contribution in [0.5, 0.6) is 0 Å². The summed E-state index contributed by atoms with van der Waals surface area (Å²) in [7, 11) is 1.92. The first kappa shape index (κ1) is 31.2. The van der Waals surface area contributed by atoms with Crippen LogP contribution >= 0.6 is 11.6 Å². The normalized spacial score (nSPS) is 17.5. The Bertz CT molecular complexity index is 1340. The molecule has 220 valence electrons. The lowest BCUT2D eigenvalue weighted by Crippen LogP contribution is -2.28. The van der Waals surface area contributed by atoms with Crippen LogP contribution in [0.1, 0.15) is 49.8 Å². The van der Waals surface area contributed by atoms with Gasteiger partial charge in [-0.3, -0.25) is 4.98 Å². The zero-order chi connectivity index (χ0) is 29.1. The Balaban J connectivity index is 1.51. The zero-order valence-corrected chi connectivity index (χ0v) is 25.2. The van der Waals surface area contributed by atoms with E-state index in [-0.39, 0.29) is 5.82 Å². The molecule has 1 saturated heterocycles. The van der Waals surface area contributed by atoms with Crippen LogP contribution in [-0.2, 0) is 12.8 Å². The van der Waals surface area contributed by atoms with Gasteiger partial charge in [-0.15, -0.1) is 0 Å². The molecule has 0 unspecified atom stereocenters. The van der Waals surface area contributed by atoms with E-state index in [4.69, 9.17) is 16.6 Å². The molecule has 0 spiro atoms. The second-order valence-corrected chi connectivity index (χ2v) is 11.7. The van der Waals surface area contributed by atoms with Crippen molar-refractivity contribution in [2.45, 2.75) is 51.4 Å². The molecular formula is C33H44ClFN6. The van der Waals surface area contributed by atoms with Crippen molar-refractivity contribution in [3.05, 3.63) is 69.1 Å². The van der Waals surface area contributed by atoms with Crippen LogP contribution in [0.4, 0.5) is 10.1 Å². The van der Waals surface area contributed by atoms with E-state index in [1.54, 1.807) is 6.20 Å². The second-order valence-electron chi connectivity index (χ2n) is 11.3. The number of amidine groups is 1. The molecular weight excluding hydrogens is 535 g/mol. The lowest BCUT2D eigenvalue weighted by molar-refractivity contribution is 0.256. The first-order valence-electron chi connectivity index (χ1n) is 14.8. The van der Waals surface area contributed by atoms with Crippen LogP contribution in [0.25, 0.3) is 12.7 Å². The number of likely N-dealkylation sites (N-methyl/N-ethyl adjacent to an activating group) is 1. The highest BCUT2D eigenvalue weighted by Crippen LogP contribution is 2.50. The molecule has 1 aliphatic carbocycles. The molecule has 2 aromatic rings. The number of nitrogens with one attached hydrogen (secondary N) is 2. The van der Waals surface area contributed by atoms with Gasteiger partial charge in [-0.1, -0.05) is 48.5 Å². The van der Waals surface area contributed by atoms with E-state index in [9.17, 15) is 0 Å². The van der Waals surface area contributed by atoms with Gasteiger partial charge in [0.1, 0.15) is 11.5 Å². The van der Waals surface area contributed by atoms with Crippen molar-refractivity contribution in [1.82, 2.24) is 20.5 Å². The Labute approximate surface area is 249 Å². The number of rotatable bonds is 15. The number of hydrogen-bond acceptors (Lipinski definition) is 5. The third kappa shape index (κ3) is 9.14. The number of nitrogens with zero attached hydrogens (tertiary/aromatic N) is 4. The number of likely N-dealkylation sites (tertiary alicyclic amines) is 1. The molecule has 2 aliphatic rings. The van der Waals surface area contributed by atoms with Crippen molar-refractivity contribution in [3.63, 3.8) is 0 Å². The monoisotopic (exact) mass is 578 g/mol. The quantitative estimate of drug-likeness (QED) is 0.184. The van der Waals surface area contributed by atoms with E-state index in [0.717, 1.165) is 42.1 Å². The molecule has 0 radical (unpaired) electrons. The standard InChI is InChI=1S/C33H44ClFN6/c1-25-26(10-8-11-28(25)34)9-4-5-12-29-31(35)32(27(23-39-29)14-18-38-20-19-36-2)40-30(37-3)13-15-33(16-17-33)24-41-21-6-7-22-41/h4-5,8-11,23,36,38H,1,3,6-7,12-22,24H2,2H3/b5-4-,26-9-,40-30-. The zero-order valence-electron chi connectivity index (χ0n) is 24.4. The fourth-order valence-corrected chi connectivity index (χ4v) is 5.58. The average molecular weight is 579 g/mol. The van der Waals surface area contributed by atoms with E-state index >= 15 is 4.39 Å². The summed E-state index contributed by atoms with van der Waals surface area (Å²) in [5.41, 5.74) is 1.83. The summed E-state index contributed by atoms with van der Waals surface area (Å²) < 4.78 is 15.9. The molecule has 2 fully saturated rings. The van der Waals surface area contributed by atoms with E-state index in [2.05, 4.69) is 38.8 Å². The second kappa shape index (κ2) is 15.5. The molecule has 4 rings (SSSR count). The van der Waals surface area contributed by atoms with E-state index in [0.29, 0.717) is 53.5 Å². The van der Waals surface area contributed by atoms with Crippen molar-refractivity contribution in [2.75, 3.05) is 46.3 Å². The van der Waals surface area contributed by atoms with E-state index < -0.39 is 0 Å². The minimum absolute atomic E-state index is 0.337. The van der Waals surface area contributed by atoms with Crippen LogP contribution in [0.2, 0.25) is 5.02 Å². The maximum absolute atomic E-state index is 15.9. The van der Waals surface area contributed by atoms with E-state index in [1.807, 2.05) is 43.5 Å². The molecule has 0 bridgehead atoms. The molecule has 1 aromatic heterocycles. The van der Waals surface area contributed by atoms with Crippen molar-refractivity contribution in [1.29, 1.82) is 0 Å².